The smallest absolute Gasteiger partial charge is 0.255 e. The van der Waals surface area contributed by atoms with Crippen molar-refractivity contribution in [3.8, 4) is 0 Å². The molecule has 4 nitrogen and oxygen atoms in total. The molecule has 3 N–H and O–H groups in total. The average molecular weight is 281 g/mol. The number of carbonyl (C=O) groups excluding carboxylic acids is 1. The predicted molar refractivity (Wildman–Crippen MR) is 85.0 cm³/mol. The summed E-state index contributed by atoms with van der Waals surface area (Å²) in [5.41, 5.74) is 7.97. The fraction of sp³-hybridized carbons (Fsp3) is 0.500. The zero-order chi connectivity index (χ0) is 14.4. The van der Waals surface area contributed by atoms with E-state index in [2.05, 4.69) is 18.5 Å². The topological polar surface area (TPSA) is 58.4 Å². The molecular formula is C14H23N3OS. The first-order chi connectivity index (χ1) is 8.99. The van der Waals surface area contributed by atoms with Gasteiger partial charge < -0.3 is 16.0 Å². The quantitative estimate of drug-likeness (QED) is 0.787. The van der Waals surface area contributed by atoms with Gasteiger partial charge in [0.15, 0.2) is 0 Å². The largest absolute Gasteiger partial charge is 0.399 e. The molecule has 5 heteroatoms. The molecule has 0 saturated carbocycles. The minimum Gasteiger partial charge on any atom is -0.399 e. The minimum absolute atomic E-state index is 0.0125. The summed E-state index contributed by atoms with van der Waals surface area (Å²) in [7, 11) is 3.50. The standard InChI is InChI=1S/C14H23N3OS/c1-5-11(9-19-4)16-13-8-10(15)6-7-12(13)14(18)17(2)3/h6-8,11,16H,5,9,15H2,1-4H3. The monoisotopic (exact) mass is 281 g/mol. The van der Waals surface area contributed by atoms with Crippen molar-refractivity contribution in [2.45, 2.75) is 19.4 Å². The Bertz CT molecular complexity index is 435. The zero-order valence-electron chi connectivity index (χ0n) is 12.1. The van der Waals surface area contributed by atoms with Gasteiger partial charge in [0.2, 0.25) is 0 Å². The molecule has 19 heavy (non-hydrogen) atoms. The lowest BCUT2D eigenvalue weighted by atomic mass is 10.1. The third-order valence-corrected chi connectivity index (χ3v) is 3.64. The molecule has 0 bridgehead atoms. The van der Waals surface area contributed by atoms with Gasteiger partial charge in [-0.1, -0.05) is 6.92 Å². The molecule has 1 aromatic rings. The molecule has 0 saturated heterocycles. The van der Waals surface area contributed by atoms with Crippen molar-refractivity contribution in [1.29, 1.82) is 0 Å². The lowest BCUT2D eigenvalue weighted by Gasteiger charge is -2.21. The first kappa shape index (κ1) is 15.7. The molecule has 0 fully saturated rings. The Balaban J connectivity index is 3.03. The molecule has 1 unspecified atom stereocenters. The molecule has 0 aliphatic heterocycles. The lowest BCUT2D eigenvalue weighted by Crippen LogP contribution is -2.26. The number of carbonyl (C=O) groups is 1. The van der Waals surface area contributed by atoms with Crippen molar-refractivity contribution in [3.63, 3.8) is 0 Å². The van der Waals surface area contributed by atoms with Crippen LogP contribution in [0.25, 0.3) is 0 Å². The van der Waals surface area contributed by atoms with Gasteiger partial charge in [-0.2, -0.15) is 11.8 Å². The highest BCUT2D eigenvalue weighted by Gasteiger charge is 2.15. The molecule has 1 aromatic carbocycles. The van der Waals surface area contributed by atoms with Crippen LogP contribution in [0.3, 0.4) is 0 Å². The molecule has 0 aliphatic carbocycles. The van der Waals surface area contributed by atoms with Crippen LogP contribution in [0.15, 0.2) is 18.2 Å². The van der Waals surface area contributed by atoms with E-state index in [0.717, 1.165) is 17.9 Å². The number of hydrogen-bond acceptors (Lipinski definition) is 4. The number of amides is 1. The van der Waals surface area contributed by atoms with Crippen LogP contribution in [0.4, 0.5) is 11.4 Å². The van der Waals surface area contributed by atoms with Gasteiger partial charge in [0, 0.05) is 37.3 Å². The second-order valence-electron chi connectivity index (χ2n) is 4.71. The number of benzene rings is 1. The van der Waals surface area contributed by atoms with Crippen LogP contribution >= 0.6 is 11.8 Å². The van der Waals surface area contributed by atoms with Crippen LogP contribution in [0.1, 0.15) is 23.7 Å². The van der Waals surface area contributed by atoms with Crippen LogP contribution in [0.5, 0.6) is 0 Å². The lowest BCUT2D eigenvalue weighted by molar-refractivity contribution is 0.0828. The second-order valence-corrected chi connectivity index (χ2v) is 5.62. The maximum absolute atomic E-state index is 12.1. The van der Waals surface area contributed by atoms with E-state index in [-0.39, 0.29) is 5.91 Å². The highest BCUT2D eigenvalue weighted by molar-refractivity contribution is 7.98. The van der Waals surface area contributed by atoms with Gasteiger partial charge in [-0.3, -0.25) is 4.79 Å². The highest BCUT2D eigenvalue weighted by atomic mass is 32.2. The predicted octanol–water partition coefficient (Wildman–Crippen LogP) is 2.52. The molecule has 106 valence electrons. The first-order valence-corrected chi connectivity index (χ1v) is 7.75. The molecule has 0 aliphatic rings. The molecule has 1 amide bonds. The summed E-state index contributed by atoms with van der Waals surface area (Å²) in [5.74, 6) is 0.988. The van der Waals surface area contributed by atoms with Gasteiger partial charge >= 0.3 is 0 Å². The van der Waals surface area contributed by atoms with Crippen molar-refractivity contribution in [2.24, 2.45) is 0 Å². The normalized spacial score (nSPS) is 12.0. The van der Waals surface area contributed by atoms with Gasteiger partial charge in [-0.15, -0.1) is 0 Å². The number of nitrogen functional groups attached to an aromatic ring is 1. The van der Waals surface area contributed by atoms with E-state index < -0.39 is 0 Å². The third-order valence-electron chi connectivity index (χ3n) is 2.90. The second kappa shape index (κ2) is 7.28. The molecule has 0 heterocycles. The van der Waals surface area contributed by atoms with E-state index in [9.17, 15) is 4.79 Å². The molecule has 1 rings (SSSR count). The zero-order valence-corrected chi connectivity index (χ0v) is 12.9. The van der Waals surface area contributed by atoms with Gasteiger partial charge in [0.05, 0.1) is 5.56 Å². The Morgan fingerprint density at radius 3 is 2.68 bits per heavy atom. The summed E-state index contributed by atoms with van der Waals surface area (Å²) in [6, 6.07) is 5.72. The molecule has 0 aromatic heterocycles. The maximum atomic E-state index is 12.1. The highest BCUT2D eigenvalue weighted by Crippen LogP contribution is 2.22. The Morgan fingerprint density at radius 2 is 2.16 bits per heavy atom. The van der Waals surface area contributed by atoms with E-state index in [4.69, 9.17) is 5.73 Å². The summed E-state index contributed by atoms with van der Waals surface area (Å²) >= 11 is 1.79. The summed E-state index contributed by atoms with van der Waals surface area (Å²) in [4.78, 5) is 13.7. The van der Waals surface area contributed by atoms with Crippen LogP contribution in [0, 0.1) is 0 Å². The third kappa shape index (κ3) is 4.35. The van der Waals surface area contributed by atoms with Gasteiger partial charge in [0.25, 0.3) is 5.91 Å². The van der Waals surface area contributed by atoms with Crippen LogP contribution in [-0.2, 0) is 0 Å². The Labute approximate surface area is 119 Å². The van der Waals surface area contributed by atoms with Crippen molar-refractivity contribution in [1.82, 2.24) is 4.90 Å². The molecule has 0 spiro atoms. The Hall–Kier alpha value is -1.36. The maximum Gasteiger partial charge on any atom is 0.255 e. The van der Waals surface area contributed by atoms with Crippen LogP contribution in [0.2, 0.25) is 0 Å². The van der Waals surface area contributed by atoms with Crippen LogP contribution < -0.4 is 11.1 Å². The minimum atomic E-state index is -0.0125. The van der Waals surface area contributed by atoms with Crippen molar-refractivity contribution < 1.29 is 4.79 Å². The number of rotatable bonds is 6. The number of nitrogens with zero attached hydrogens (tertiary/aromatic N) is 1. The van der Waals surface area contributed by atoms with Gasteiger partial charge in [-0.25, -0.2) is 0 Å². The van der Waals surface area contributed by atoms with Gasteiger partial charge in [-0.05, 0) is 30.9 Å². The van der Waals surface area contributed by atoms with Crippen molar-refractivity contribution >= 4 is 29.0 Å². The Kier molecular flexibility index (Phi) is 6.02. The number of thioether (sulfide) groups is 1. The fourth-order valence-electron chi connectivity index (χ4n) is 1.79. The van der Waals surface area contributed by atoms with E-state index in [1.165, 1.54) is 0 Å². The molecule has 0 radical (unpaired) electrons. The fourth-order valence-corrected chi connectivity index (χ4v) is 2.51. The van der Waals surface area contributed by atoms with E-state index in [0.29, 0.717) is 17.3 Å². The van der Waals surface area contributed by atoms with Crippen LogP contribution in [-0.4, -0.2) is 43.0 Å². The van der Waals surface area contributed by atoms with E-state index in [1.807, 2.05) is 6.07 Å². The number of hydrogen-bond donors (Lipinski definition) is 2. The summed E-state index contributed by atoms with van der Waals surface area (Å²) < 4.78 is 0. The number of anilines is 2. The Morgan fingerprint density at radius 1 is 1.47 bits per heavy atom. The first-order valence-electron chi connectivity index (χ1n) is 6.36. The summed E-state index contributed by atoms with van der Waals surface area (Å²) in [5, 5.41) is 3.43. The number of nitrogens with two attached hydrogens (primary N) is 1. The van der Waals surface area contributed by atoms with E-state index >= 15 is 0 Å². The number of nitrogens with one attached hydrogen (secondary N) is 1. The summed E-state index contributed by atoms with van der Waals surface area (Å²) in [6.07, 6.45) is 3.08. The SMILES string of the molecule is CCC(CSC)Nc1cc(N)ccc1C(=O)N(C)C. The van der Waals surface area contributed by atoms with E-state index in [1.54, 1.807) is 42.9 Å². The van der Waals surface area contributed by atoms with Gasteiger partial charge in [0.1, 0.15) is 0 Å². The van der Waals surface area contributed by atoms with Crippen molar-refractivity contribution in [2.75, 3.05) is 37.2 Å². The summed E-state index contributed by atoms with van der Waals surface area (Å²) in [6.45, 7) is 2.13. The average Bonchev–Trinajstić information content (AvgIpc) is 2.37. The molecule has 1 atom stereocenters. The molecular weight excluding hydrogens is 258 g/mol. The van der Waals surface area contributed by atoms with Crippen molar-refractivity contribution in [3.05, 3.63) is 23.8 Å².